The Morgan fingerprint density at radius 2 is 1.93 bits per heavy atom. The van der Waals surface area contributed by atoms with E-state index in [1.165, 1.54) is 0 Å². The molecule has 27 heavy (non-hydrogen) atoms. The Morgan fingerprint density at radius 3 is 2.41 bits per heavy atom. The number of nitrogens with zero attached hydrogens (tertiary/aromatic N) is 1. The molecule has 1 saturated carbocycles. The third-order valence-corrected chi connectivity index (χ3v) is 6.16. The number of alkyl halides is 2. The Morgan fingerprint density at radius 1 is 1.30 bits per heavy atom. The van der Waals surface area contributed by atoms with Crippen LogP contribution in [-0.4, -0.2) is 47.6 Å². The summed E-state index contributed by atoms with van der Waals surface area (Å²) in [5.41, 5.74) is -1.39. The molecule has 0 radical (unpaired) electrons. The fraction of sp³-hybridized carbons (Fsp3) is 0.650. The molecule has 3 rings (SSSR count). The monoisotopic (exact) mass is 401 g/mol. The third-order valence-electron chi connectivity index (χ3n) is 5.90. The van der Waals surface area contributed by atoms with Gasteiger partial charge in [0.2, 0.25) is 5.92 Å². The van der Waals surface area contributed by atoms with Crippen molar-refractivity contribution >= 4 is 17.6 Å². The van der Waals surface area contributed by atoms with Gasteiger partial charge in [-0.15, -0.1) is 0 Å². The van der Waals surface area contributed by atoms with Gasteiger partial charge in [0.15, 0.2) is 5.60 Å². The first-order valence-corrected chi connectivity index (χ1v) is 9.92. The van der Waals surface area contributed by atoms with Gasteiger partial charge in [-0.05, 0) is 43.5 Å². The van der Waals surface area contributed by atoms with Gasteiger partial charge in [-0.1, -0.05) is 30.7 Å². The Kier molecular flexibility index (Phi) is 6.08. The summed E-state index contributed by atoms with van der Waals surface area (Å²) in [5.74, 6) is -4.84. The maximum absolute atomic E-state index is 14.0. The third kappa shape index (κ3) is 4.28. The first-order valence-electron chi connectivity index (χ1n) is 9.54. The van der Waals surface area contributed by atoms with Crippen LogP contribution in [0.15, 0.2) is 24.3 Å². The summed E-state index contributed by atoms with van der Waals surface area (Å²) in [7, 11) is 0. The molecule has 0 bridgehead atoms. The number of halogens is 3. The van der Waals surface area contributed by atoms with Crippen molar-refractivity contribution in [2.45, 2.75) is 56.7 Å². The van der Waals surface area contributed by atoms with Gasteiger partial charge in [-0.25, -0.2) is 13.6 Å². The lowest BCUT2D eigenvalue weighted by Gasteiger charge is -2.41. The highest BCUT2D eigenvalue weighted by molar-refractivity contribution is 6.30. The summed E-state index contributed by atoms with van der Waals surface area (Å²) in [5, 5.41) is 10.7. The number of carbonyl (C=O) groups is 1. The van der Waals surface area contributed by atoms with E-state index in [-0.39, 0.29) is 18.9 Å². The zero-order valence-corrected chi connectivity index (χ0v) is 16.2. The smallest absolute Gasteiger partial charge is 0.340 e. The summed E-state index contributed by atoms with van der Waals surface area (Å²) < 4.78 is 34.2. The summed E-state index contributed by atoms with van der Waals surface area (Å²) in [6, 6.07) is 6.36. The number of piperidine rings is 1. The lowest BCUT2D eigenvalue weighted by Crippen LogP contribution is -2.49. The van der Waals surface area contributed by atoms with Gasteiger partial charge in [0.1, 0.15) is 0 Å². The average molecular weight is 402 g/mol. The number of hydrogen-bond donors (Lipinski definition) is 1. The number of aliphatic carboxylic acids is 1. The van der Waals surface area contributed by atoms with Crippen molar-refractivity contribution < 1.29 is 23.4 Å². The van der Waals surface area contributed by atoms with Crippen LogP contribution >= 0.6 is 11.6 Å². The molecule has 1 aromatic rings. The minimum atomic E-state index is -2.85. The van der Waals surface area contributed by atoms with Crippen LogP contribution < -0.4 is 0 Å². The molecule has 2 aliphatic rings. The fourth-order valence-corrected chi connectivity index (χ4v) is 4.48. The number of rotatable bonds is 6. The topological polar surface area (TPSA) is 49.8 Å². The number of hydrogen-bond acceptors (Lipinski definition) is 3. The van der Waals surface area contributed by atoms with Gasteiger partial charge in [0, 0.05) is 36.9 Å². The van der Waals surface area contributed by atoms with Gasteiger partial charge < -0.3 is 14.7 Å². The van der Waals surface area contributed by atoms with Crippen LogP contribution in [0.4, 0.5) is 8.78 Å². The predicted molar refractivity (Wildman–Crippen MR) is 99.3 cm³/mol. The SMILES string of the molecule is CCN1CCC(O[C@@](C(=O)O)(c2ccc(Cl)cc2)[C@@H]2CCC(F)(F)C2)CC1. The minimum absolute atomic E-state index is 0.121. The predicted octanol–water partition coefficient (Wildman–Crippen LogP) is 4.56. The van der Waals surface area contributed by atoms with E-state index in [0.717, 1.165) is 19.6 Å². The van der Waals surface area contributed by atoms with E-state index in [1.54, 1.807) is 24.3 Å². The largest absolute Gasteiger partial charge is 0.479 e. The quantitative estimate of drug-likeness (QED) is 0.759. The zero-order chi connectivity index (χ0) is 19.7. The summed E-state index contributed by atoms with van der Waals surface area (Å²) >= 11 is 5.96. The maximum atomic E-state index is 14.0. The van der Waals surface area contributed by atoms with E-state index in [1.807, 2.05) is 0 Å². The van der Waals surface area contributed by atoms with Crippen LogP contribution in [0.3, 0.4) is 0 Å². The molecule has 1 N–H and O–H groups in total. The average Bonchev–Trinajstić information content (AvgIpc) is 3.01. The van der Waals surface area contributed by atoms with E-state index in [0.29, 0.717) is 23.4 Å². The van der Waals surface area contributed by atoms with Gasteiger partial charge in [-0.2, -0.15) is 0 Å². The second kappa shape index (κ2) is 8.02. The second-order valence-corrected chi connectivity index (χ2v) is 8.03. The lowest BCUT2D eigenvalue weighted by atomic mass is 9.79. The molecule has 1 aromatic carbocycles. The molecule has 1 heterocycles. The number of benzene rings is 1. The van der Waals surface area contributed by atoms with Crippen molar-refractivity contribution in [1.29, 1.82) is 0 Å². The maximum Gasteiger partial charge on any atom is 0.340 e. The van der Waals surface area contributed by atoms with Crippen molar-refractivity contribution in [2.24, 2.45) is 5.92 Å². The molecule has 0 spiro atoms. The molecule has 1 aliphatic heterocycles. The Labute approximate surface area is 163 Å². The van der Waals surface area contributed by atoms with E-state index in [9.17, 15) is 18.7 Å². The molecule has 150 valence electrons. The first-order chi connectivity index (χ1) is 12.8. The van der Waals surface area contributed by atoms with E-state index in [2.05, 4.69) is 11.8 Å². The highest BCUT2D eigenvalue weighted by Gasteiger charge is 2.56. The zero-order valence-electron chi connectivity index (χ0n) is 15.5. The molecule has 0 aromatic heterocycles. The fourth-order valence-electron chi connectivity index (χ4n) is 4.35. The Hall–Kier alpha value is -1.24. The molecule has 1 aliphatic carbocycles. The number of carboxylic acids is 1. The molecule has 0 amide bonds. The van der Waals surface area contributed by atoms with Gasteiger partial charge in [0.25, 0.3) is 0 Å². The molecule has 2 atom stereocenters. The molecule has 0 unspecified atom stereocenters. The van der Waals surface area contributed by atoms with Gasteiger partial charge in [-0.3, -0.25) is 0 Å². The minimum Gasteiger partial charge on any atom is -0.479 e. The van der Waals surface area contributed by atoms with Crippen molar-refractivity contribution in [3.05, 3.63) is 34.9 Å². The lowest BCUT2D eigenvalue weighted by molar-refractivity contribution is -0.194. The molecule has 2 fully saturated rings. The number of likely N-dealkylation sites (tertiary alicyclic amines) is 1. The van der Waals surface area contributed by atoms with Crippen molar-refractivity contribution in [2.75, 3.05) is 19.6 Å². The van der Waals surface area contributed by atoms with Gasteiger partial charge >= 0.3 is 5.97 Å². The van der Waals surface area contributed by atoms with Crippen LogP contribution in [0.25, 0.3) is 0 Å². The molecule has 4 nitrogen and oxygen atoms in total. The normalized spacial score (nSPS) is 26.0. The summed E-state index contributed by atoms with van der Waals surface area (Å²) in [4.78, 5) is 14.8. The standard InChI is InChI=1S/C20H26ClF2NO3/c1-2-24-11-8-17(9-12-24)27-20(18(25)26,14-3-5-16(21)6-4-14)15-7-10-19(22,23)13-15/h3-6,15,17H,2,7-13H2,1H3,(H,25,26)/t15-,20+/m1/s1. The van der Waals surface area contributed by atoms with Crippen LogP contribution in [0.2, 0.25) is 5.02 Å². The van der Waals surface area contributed by atoms with Crippen LogP contribution in [0.1, 0.15) is 44.6 Å². The number of ether oxygens (including phenoxy) is 1. The van der Waals surface area contributed by atoms with Crippen molar-refractivity contribution in [3.8, 4) is 0 Å². The Bertz CT molecular complexity index is 662. The van der Waals surface area contributed by atoms with Crippen LogP contribution in [-0.2, 0) is 15.1 Å². The summed E-state index contributed by atoms with van der Waals surface area (Å²) in [6.45, 7) is 4.65. The highest BCUT2D eigenvalue weighted by Crippen LogP contribution is 2.50. The van der Waals surface area contributed by atoms with Crippen LogP contribution in [0.5, 0.6) is 0 Å². The molecule has 7 heteroatoms. The number of carboxylic acid groups (broad SMARTS) is 1. The highest BCUT2D eigenvalue weighted by atomic mass is 35.5. The molecular formula is C20H26ClF2NO3. The van der Waals surface area contributed by atoms with E-state index < -0.39 is 29.8 Å². The Balaban J connectivity index is 1.94. The molecule has 1 saturated heterocycles. The van der Waals surface area contributed by atoms with Crippen molar-refractivity contribution in [1.82, 2.24) is 4.90 Å². The van der Waals surface area contributed by atoms with Crippen LogP contribution in [0, 0.1) is 5.92 Å². The second-order valence-electron chi connectivity index (χ2n) is 7.59. The van der Waals surface area contributed by atoms with Gasteiger partial charge in [0.05, 0.1) is 6.10 Å². The van der Waals surface area contributed by atoms with E-state index >= 15 is 0 Å². The molecular weight excluding hydrogens is 376 g/mol. The van der Waals surface area contributed by atoms with E-state index in [4.69, 9.17) is 16.3 Å². The van der Waals surface area contributed by atoms with Crippen molar-refractivity contribution in [3.63, 3.8) is 0 Å². The summed E-state index contributed by atoms with van der Waals surface area (Å²) in [6.07, 6.45) is 0.455. The first kappa shape index (κ1) is 20.5.